The number of hydrogen-bond donors (Lipinski definition) is 1. The van der Waals surface area contributed by atoms with Gasteiger partial charge in [0.25, 0.3) is 0 Å². The van der Waals surface area contributed by atoms with Gasteiger partial charge in [0, 0.05) is 12.0 Å². The normalized spacial score (nSPS) is 17.6. The fraction of sp³-hybridized carbons (Fsp3) is 0.381. The lowest BCUT2D eigenvalue weighted by Gasteiger charge is -2.16. The smallest absolute Gasteiger partial charge is 0.224 e. The summed E-state index contributed by atoms with van der Waals surface area (Å²) in [5.41, 5.74) is 5.61. The van der Waals surface area contributed by atoms with Gasteiger partial charge in [0.2, 0.25) is 5.91 Å². The fourth-order valence-electron chi connectivity index (χ4n) is 3.76. The van der Waals surface area contributed by atoms with Crippen LogP contribution in [0.4, 0.5) is 0 Å². The molecular formula is C21H23NO. The molecule has 0 radical (unpaired) electrons. The first-order valence-electron chi connectivity index (χ1n) is 8.68. The molecule has 0 aliphatic heterocycles. The van der Waals surface area contributed by atoms with E-state index in [2.05, 4.69) is 47.8 Å². The molecule has 1 amide bonds. The average molecular weight is 305 g/mol. The third-order valence-electron chi connectivity index (χ3n) is 5.39. The molecule has 2 nitrogen and oxygen atoms in total. The van der Waals surface area contributed by atoms with Crippen molar-refractivity contribution < 1.29 is 4.79 Å². The van der Waals surface area contributed by atoms with E-state index in [1.807, 2.05) is 6.07 Å². The van der Waals surface area contributed by atoms with Crippen LogP contribution in [0.15, 0.2) is 48.5 Å². The number of rotatable bonds is 5. The van der Waals surface area contributed by atoms with E-state index in [1.165, 1.54) is 48.8 Å². The fourth-order valence-corrected chi connectivity index (χ4v) is 3.76. The summed E-state index contributed by atoms with van der Waals surface area (Å²) in [4.78, 5) is 12.3. The quantitative estimate of drug-likeness (QED) is 0.899. The van der Waals surface area contributed by atoms with Gasteiger partial charge < -0.3 is 5.32 Å². The van der Waals surface area contributed by atoms with Gasteiger partial charge in [0.1, 0.15) is 0 Å². The summed E-state index contributed by atoms with van der Waals surface area (Å²) in [5.74, 6) is 0.144. The number of benzene rings is 2. The predicted molar refractivity (Wildman–Crippen MR) is 92.5 cm³/mol. The first kappa shape index (κ1) is 14.5. The Morgan fingerprint density at radius 2 is 1.78 bits per heavy atom. The third-order valence-corrected chi connectivity index (χ3v) is 5.39. The minimum atomic E-state index is 0.144. The summed E-state index contributed by atoms with van der Waals surface area (Å²) in [5, 5.41) is 3.16. The number of hydrogen-bond acceptors (Lipinski definition) is 1. The highest BCUT2D eigenvalue weighted by molar-refractivity contribution is 5.78. The molecule has 0 spiro atoms. The van der Waals surface area contributed by atoms with Crippen LogP contribution in [0.5, 0.6) is 0 Å². The van der Waals surface area contributed by atoms with E-state index in [9.17, 15) is 4.79 Å². The van der Waals surface area contributed by atoms with E-state index in [1.54, 1.807) is 0 Å². The summed E-state index contributed by atoms with van der Waals surface area (Å²) in [7, 11) is 0. The Bertz CT molecular complexity index is 716. The van der Waals surface area contributed by atoms with E-state index < -0.39 is 0 Å². The van der Waals surface area contributed by atoms with E-state index in [0.29, 0.717) is 6.42 Å². The molecule has 118 valence electrons. The zero-order valence-corrected chi connectivity index (χ0v) is 13.5. The molecule has 0 bridgehead atoms. The molecule has 2 heteroatoms. The molecule has 0 atom stereocenters. The van der Waals surface area contributed by atoms with Crippen LogP contribution in [-0.2, 0) is 29.5 Å². The maximum atomic E-state index is 12.3. The molecule has 0 unspecified atom stereocenters. The average Bonchev–Trinajstić information content (AvgIpc) is 3.24. The number of nitrogens with one attached hydrogen (secondary N) is 1. The van der Waals surface area contributed by atoms with Crippen molar-refractivity contribution in [1.29, 1.82) is 0 Å². The summed E-state index contributed by atoms with van der Waals surface area (Å²) in [6.07, 6.45) is 6.47. The molecule has 23 heavy (non-hydrogen) atoms. The predicted octanol–water partition coefficient (Wildman–Crippen LogP) is 3.57. The standard InChI is InChI=1S/C21H23NO/c23-20(14-16-9-10-17-5-4-6-18(17)13-16)22-15-21(11-12-21)19-7-2-1-3-8-19/h1-3,7-10,13H,4-6,11-12,14-15H2,(H,22,23). The van der Waals surface area contributed by atoms with Crippen molar-refractivity contribution in [3.63, 3.8) is 0 Å². The Hall–Kier alpha value is -2.09. The molecule has 2 aromatic rings. The van der Waals surface area contributed by atoms with Crippen LogP contribution in [-0.4, -0.2) is 12.5 Å². The van der Waals surface area contributed by atoms with Gasteiger partial charge in [-0.05, 0) is 54.4 Å². The lowest BCUT2D eigenvalue weighted by atomic mass is 9.96. The molecular weight excluding hydrogens is 282 g/mol. The minimum Gasteiger partial charge on any atom is -0.355 e. The van der Waals surface area contributed by atoms with Crippen LogP contribution in [0.2, 0.25) is 0 Å². The lowest BCUT2D eigenvalue weighted by Crippen LogP contribution is -2.33. The number of carbonyl (C=O) groups excluding carboxylic acids is 1. The zero-order valence-electron chi connectivity index (χ0n) is 13.5. The zero-order chi connectivity index (χ0) is 15.7. The second-order valence-corrected chi connectivity index (χ2v) is 7.06. The summed E-state index contributed by atoms with van der Waals surface area (Å²) in [6.45, 7) is 0.765. The molecule has 2 aromatic carbocycles. The SMILES string of the molecule is O=C(Cc1ccc2c(c1)CCC2)NCC1(c2ccccc2)CC1. The molecule has 1 N–H and O–H groups in total. The Labute approximate surface area is 137 Å². The van der Waals surface area contributed by atoms with Crippen LogP contribution in [0.25, 0.3) is 0 Å². The number of amides is 1. The van der Waals surface area contributed by atoms with Crippen molar-refractivity contribution in [2.24, 2.45) is 0 Å². The van der Waals surface area contributed by atoms with E-state index >= 15 is 0 Å². The van der Waals surface area contributed by atoms with E-state index in [0.717, 1.165) is 12.1 Å². The topological polar surface area (TPSA) is 29.1 Å². The summed E-state index contributed by atoms with van der Waals surface area (Å²) >= 11 is 0. The van der Waals surface area contributed by atoms with Crippen LogP contribution in [0.1, 0.15) is 41.5 Å². The monoisotopic (exact) mass is 305 g/mol. The van der Waals surface area contributed by atoms with Crippen molar-refractivity contribution in [1.82, 2.24) is 5.32 Å². The van der Waals surface area contributed by atoms with Crippen molar-refractivity contribution in [3.05, 3.63) is 70.8 Å². The van der Waals surface area contributed by atoms with Gasteiger partial charge in [-0.3, -0.25) is 4.79 Å². The molecule has 0 heterocycles. The summed E-state index contributed by atoms with van der Waals surface area (Å²) < 4.78 is 0. The summed E-state index contributed by atoms with van der Waals surface area (Å²) in [6, 6.07) is 17.1. The minimum absolute atomic E-state index is 0.144. The van der Waals surface area contributed by atoms with Gasteiger partial charge in [-0.2, -0.15) is 0 Å². The van der Waals surface area contributed by atoms with Gasteiger partial charge in [-0.1, -0.05) is 48.5 Å². The molecule has 0 aromatic heterocycles. The van der Waals surface area contributed by atoms with Gasteiger partial charge in [0.05, 0.1) is 6.42 Å². The highest BCUT2D eigenvalue weighted by atomic mass is 16.1. The Kier molecular flexibility index (Phi) is 3.68. The molecule has 1 fully saturated rings. The van der Waals surface area contributed by atoms with Crippen molar-refractivity contribution >= 4 is 5.91 Å². The Balaban J connectivity index is 1.36. The van der Waals surface area contributed by atoms with Gasteiger partial charge >= 0.3 is 0 Å². The highest BCUT2D eigenvalue weighted by Gasteiger charge is 2.44. The van der Waals surface area contributed by atoms with E-state index in [4.69, 9.17) is 0 Å². The second kappa shape index (κ2) is 5.84. The maximum Gasteiger partial charge on any atom is 0.224 e. The number of aryl methyl sites for hydroxylation is 2. The molecule has 0 saturated heterocycles. The Morgan fingerprint density at radius 1 is 1.00 bits per heavy atom. The van der Waals surface area contributed by atoms with Crippen molar-refractivity contribution in [3.8, 4) is 0 Å². The van der Waals surface area contributed by atoms with Crippen LogP contribution < -0.4 is 5.32 Å². The van der Waals surface area contributed by atoms with E-state index in [-0.39, 0.29) is 11.3 Å². The maximum absolute atomic E-state index is 12.3. The largest absolute Gasteiger partial charge is 0.355 e. The first-order chi connectivity index (χ1) is 11.3. The third kappa shape index (κ3) is 3.03. The molecule has 2 aliphatic rings. The van der Waals surface area contributed by atoms with Gasteiger partial charge in [0.15, 0.2) is 0 Å². The Morgan fingerprint density at radius 3 is 2.57 bits per heavy atom. The first-order valence-corrected chi connectivity index (χ1v) is 8.68. The number of carbonyl (C=O) groups is 1. The second-order valence-electron chi connectivity index (χ2n) is 7.06. The number of fused-ring (bicyclic) bond motifs is 1. The van der Waals surface area contributed by atoms with Crippen molar-refractivity contribution in [2.45, 2.75) is 43.9 Å². The molecule has 1 saturated carbocycles. The lowest BCUT2D eigenvalue weighted by molar-refractivity contribution is -0.120. The molecule has 2 aliphatic carbocycles. The van der Waals surface area contributed by atoms with Gasteiger partial charge in [-0.25, -0.2) is 0 Å². The highest BCUT2D eigenvalue weighted by Crippen LogP contribution is 2.47. The van der Waals surface area contributed by atoms with Crippen LogP contribution in [0, 0.1) is 0 Å². The van der Waals surface area contributed by atoms with Crippen LogP contribution in [0.3, 0.4) is 0 Å². The van der Waals surface area contributed by atoms with Crippen LogP contribution >= 0.6 is 0 Å². The van der Waals surface area contributed by atoms with Crippen molar-refractivity contribution in [2.75, 3.05) is 6.54 Å². The molecule has 4 rings (SSSR count). The van der Waals surface area contributed by atoms with Gasteiger partial charge in [-0.15, -0.1) is 0 Å².